The summed E-state index contributed by atoms with van der Waals surface area (Å²) in [5, 5.41) is 0. The number of hydrogen-bond acceptors (Lipinski definition) is 0. The Bertz CT molecular complexity index is 106. The minimum absolute atomic E-state index is 0.961. The average Bonchev–Trinajstić information content (AvgIpc) is 2.04. The molecule has 0 fully saturated rings. The zero-order chi connectivity index (χ0) is 7.40. The van der Waals surface area contributed by atoms with Crippen molar-refractivity contribution >= 4 is 45.2 Å². The minimum Gasteiger partial charge on any atom is -0.0882 e. The van der Waals surface area contributed by atoms with Crippen LogP contribution in [0.1, 0.15) is 12.8 Å². The summed E-state index contributed by atoms with van der Waals surface area (Å²) in [6.45, 7) is 0. The number of halogens is 2. The second-order valence-electron chi connectivity index (χ2n) is 2.77. The van der Waals surface area contributed by atoms with Crippen molar-refractivity contribution in [2.45, 2.75) is 12.8 Å². The second-order valence-corrected chi connectivity index (χ2v) is 4.53. The second kappa shape index (κ2) is 4.95. The lowest BCUT2D eigenvalue weighted by molar-refractivity contribution is 0.402. The van der Waals surface area contributed by atoms with E-state index in [4.69, 9.17) is 0 Å². The van der Waals surface area contributed by atoms with E-state index in [2.05, 4.69) is 57.3 Å². The largest absolute Gasteiger partial charge is 0.0882 e. The fourth-order valence-corrected chi connectivity index (χ4v) is 3.46. The molecule has 2 heteroatoms. The summed E-state index contributed by atoms with van der Waals surface area (Å²) in [4.78, 5) is 0. The van der Waals surface area contributed by atoms with Gasteiger partial charge in [-0.1, -0.05) is 57.3 Å². The molecule has 1 aliphatic rings. The molecule has 0 nitrogen and oxygen atoms in total. The quantitative estimate of drug-likeness (QED) is 0.401. The van der Waals surface area contributed by atoms with Gasteiger partial charge in [0.05, 0.1) is 0 Å². The van der Waals surface area contributed by atoms with Crippen molar-refractivity contribution in [3.05, 3.63) is 12.2 Å². The van der Waals surface area contributed by atoms with Crippen molar-refractivity contribution in [1.29, 1.82) is 0 Å². The van der Waals surface area contributed by atoms with Gasteiger partial charge in [0.25, 0.3) is 0 Å². The van der Waals surface area contributed by atoms with E-state index in [1.165, 1.54) is 21.7 Å². The number of alkyl halides is 2. The van der Waals surface area contributed by atoms with Crippen LogP contribution in [0, 0.1) is 11.8 Å². The molecule has 0 bridgehead atoms. The Morgan fingerprint density at radius 3 is 1.70 bits per heavy atom. The summed E-state index contributed by atoms with van der Waals surface area (Å²) >= 11 is 5.02. The molecule has 0 amide bonds. The smallest absolute Gasteiger partial charge is 0.00296 e. The minimum atomic E-state index is 0.961. The van der Waals surface area contributed by atoms with Gasteiger partial charge in [-0.25, -0.2) is 0 Å². The molecule has 0 heterocycles. The monoisotopic (exact) mass is 362 g/mol. The first-order valence-corrected chi connectivity index (χ1v) is 6.70. The van der Waals surface area contributed by atoms with Crippen molar-refractivity contribution in [3.63, 3.8) is 0 Å². The zero-order valence-corrected chi connectivity index (χ0v) is 10.2. The molecule has 1 rings (SSSR count). The maximum atomic E-state index is 2.51. The highest BCUT2D eigenvalue weighted by atomic mass is 127. The first-order chi connectivity index (χ1) is 4.88. The van der Waals surface area contributed by atoms with Crippen LogP contribution >= 0.6 is 45.2 Å². The highest BCUT2D eigenvalue weighted by Crippen LogP contribution is 2.28. The summed E-state index contributed by atoms with van der Waals surface area (Å²) in [5.74, 6) is 1.92. The Morgan fingerprint density at radius 2 is 1.40 bits per heavy atom. The summed E-state index contributed by atoms with van der Waals surface area (Å²) in [5.41, 5.74) is 0. The van der Waals surface area contributed by atoms with E-state index in [9.17, 15) is 0 Å². The van der Waals surface area contributed by atoms with E-state index in [0.717, 1.165) is 11.8 Å². The molecule has 0 aromatic heterocycles. The first-order valence-electron chi connectivity index (χ1n) is 3.65. The molecule has 10 heavy (non-hydrogen) atoms. The molecule has 0 aromatic carbocycles. The van der Waals surface area contributed by atoms with Gasteiger partial charge in [0.15, 0.2) is 0 Å². The fourth-order valence-electron chi connectivity index (χ4n) is 1.30. The van der Waals surface area contributed by atoms with E-state index in [1.54, 1.807) is 0 Å². The first kappa shape index (κ1) is 9.29. The third-order valence-corrected chi connectivity index (χ3v) is 4.37. The van der Waals surface area contributed by atoms with Gasteiger partial charge >= 0.3 is 0 Å². The lowest BCUT2D eigenvalue weighted by Gasteiger charge is -2.24. The van der Waals surface area contributed by atoms with E-state index in [1.807, 2.05) is 0 Å². The predicted molar refractivity (Wildman–Crippen MR) is 63.1 cm³/mol. The SMILES string of the molecule is IC[C@@H]1CC=CC[C@H]1CI. The predicted octanol–water partition coefficient (Wildman–Crippen LogP) is 3.44. The normalized spacial score (nSPS) is 32.6. The Labute approximate surface area is 90.1 Å². The molecule has 1 aliphatic carbocycles. The van der Waals surface area contributed by atoms with Gasteiger partial charge in [-0.2, -0.15) is 0 Å². The van der Waals surface area contributed by atoms with Crippen LogP contribution in [0.25, 0.3) is 0 Å². The lowest BCUT2D eigenvalue weighted by Crippen LogP contribution is -2.18. The molecule has 0 aliphatic heterocycles. The molecule has 0 saturated carbocycles. The van der Waals surface area contributed by atoms with Gasteiger partial charge in [0, 0.05) is 8.86 Å². The number of rotatable bonds is 2. The van der Waals surface area contributed by atoms with Crippen LogP contribution in [0.15, 0.2) is 12.2 Å². The summed E-state index contributed by atoms with van der Waals surface area (Å²) < 4.78 is 2.66. The molecule has 0 unspecified atom stereocenters. The Morgan fingerprint density at radius 1 is 1.00 bits per heavy atom. The highest BCUT2D eigenvalue weighted by molar-refractivity contribution is 14.1. The summed E-state index contributed by atoms with van der Waals surface area (Å²) in [7, 11) is 0. The molecular formula is C8H12I2. The van der Waals surface area contributed by atoms with Crippen LogP contribution in [0.3, 0.4) is 0 Å². The molecule has 2 atom stereocenters. The Kier molecular flexibility index (Phi) is 4.60. The van der Waals surface area contributed by atoms with Crippen molar-refractivity contribution in [2.24, 2.45) is 11.8 Å². The zero-order valence-electron chi connectivity index (χ0n) is 5.89. The maximum Gasteiger partial charge on any atom is 0.00296 e. The van der Waals surface area contributed by atoms with Crippen LogP contribution < -0.4 is 0 Å². The molecular weight excluding hydrogens is 350 g/mol. The van der Waals surface area contributed by atoms with Gasteiger partial charge in [-0.05, 0) is 24.7 Å². The molecule has 0 spiro atoms. The van der Waals surface area contributed by atoms with Crippen LogP contribution in [0.2, 0.25) is 0 Å². The third-order valence-electron chi connectivity index (χ3n) is 2.11. The van der Waals surface area contributed by atoms with Crippen molar-refractivity contribution in [2.75, 3.05) is 8.86 Å². The van der Waals surface area contributed by atoms with Crippen LogP contribution in [0.4, 0.5) is 0 Å². The third kappa shape index (κ3) is 2.36. The Balaban J connectivity index is 2.45. The standard InChI is InChI=1S/C8H12I2/c9-5-7-3-1-2-4-8(7)6-10/h1-2,7-8H,3-6H2/t7-,8-/m0/s1. The van der Waals surface area contributed by atoms with Crippen LogP contribution in [-0.4, -0.2) is 8.86 Å². The van der Waals surface area contributed by atoms with Gasteiger partial charge in [0.1, 0.15) is 0 Å². The lowest BCUT2D eigenvalue weighted by atomic mass is 9.86. The van der Waals surface area contributed by atoms with Crippen molar-refractivity contribution < 1.29 is 0 Å². The average molecular weight is 362 g/mol. The van der Waals surface area contributed by atoms with Crippen molar-refractivity contribution in [1.82, 2.24) is 0 Å². The highest BCUT2D eigenvalue weighted by Gasteiger charge is 2.19. The van der Waals surface area contributed by atoms with E-state index in [0.29, 0.717) is 0 Å². The van der Waals surface area contributed by atoms with Gasteiger partial charge in [-0.15, -0.1) is 0 Å². The van der Waals surface area contributed by atoms with E-state index >= 15 is 0 Å². The van der Waals surface area contributed by atoms with E-state index < -0.39 is 0 Å². The molecule has 0 radical (unpaired) electrons. The summed E-state index contributed by atoms with van der Waals surface area (Å²) in [6.07, 6.45) is 7.31. The fraction of sp³-hybridized carbons (Fsp3) is 0.750. The van der Waals surface area contributed by atoms with E-state index in [-0.39, 0.29) is 0 Å². The molecule has 0 aromatic rings. The van der Waals surface area contributed by atoms with Crippen LogP contribution in [0.5, 0.6) is 0 Å². The molecule has 0 saturated heterocycles. The molecule has 58 valence electrons. The van der Waals surface area contributed by atoms with Crippen molar-refractivity contribution in [3.8, 4) is 0 Å². The maximum absolute atomic E-state index is 2.51. The topological polar surface area (TPSA) is 0 Å². The van der Waals surface area contributed by atoms with Crippen LogP contribution in [-0.2, 0) is 0 Å². The summed E-state index contributed by atoms with van der Waals surface area (Å²) in [6, 6.07) is 0. The number of hydrogen-bond donors (Lipinski definition) is 0. The Hall–Kier alpha value is 1.20. The van der Waals surface area contributed by atoms with Gasteiger partial charge in [0.2, 0.25) is 0 Å². The van der Waals surface area contributed by atoms with Gasteiger partial charge < -0.3 is 0 Å². The van der Waals surface area contributed by atoms with Gasteiger partial charge in [-0.3, -0.25) is 0 Å². The molecule has 0 N–H and O–H groups in total. The number of allylic oxidation sites excluding steroid dienone is 2.